The molecule has 1 atom stereocenters. The minimum absolute atomic E-state index is 0.145. The van der Waals surface area contributed by atoms with Gasteiger partial charge in [-0.15, -0.1) is 0 Å². The van der Waals surface area contributed by atoms with Gasteiger partial charge in [-0.3, -0.25) is 0 Å². The van der Waals surface area contributed by atoms with Crippen molar-refractivity contribution in [3.63, 3.8) is 0 Å². The van der Waals surface area contributed by atoms with E-state index >= 15 is 0 Å². The molecule has 0 radical (unpaired) electrons. The summed E-state index contributed by atoms with van der Waals surface area (Å²) >= 11 is 2.32. The Labute approximate surface area is 106 Å². The molecule has 1 aliphatic rings. The summed E-state index contributed by atoms with van der Waals surface area (Å²) in [6, 6.07) is 0. The molecule has 1 saturated heterocycles. The van der Waals surface area contributed by atoms with Gasteiger partial charge >= 0.3 is 0 Å². The molecule has 0 amide bonds. The Morgan fingerprint density at radius 2 is 2.07 bits per heavy atom. The first-order valence-electron chi connectivity index (χ1n) is 5.27. The zero-order valence-electron chi connectivity index (χ0n) is 10.1. The van der Waals surface area contributed by atoms with Crippen LogP contribution in [0.15, 0.2) is 12.2 Å². The van der Waals surface area contributed by atoms with Crippen LogP contribution in [0.5, 0.6) is 0 Å². The van der Waals surface area contributed by atoms with Crippen molar-refractivity contribution < 1.29 is 9.84 Å². The van der Waals surface area contributed by atoms with Crippen LogP contribution in [-0.4, -0.2) is 26.3 Å². The molecule has 1 aliphatic heterocycles. The van der Waals surface area contributed by atoms with Crippen molar-refractivity contribution in [1.82, 2.24) is 0 Å². The van der Waals surface area contributed by atoms with E-state index in [1.54, 1.807) is 0 Å². The lowest BCUT2D eigenvalue weighted by molar-refractivity contribution is -0.0959. The highest BCUT2D eigenvalue weighted by Crippen LogP contribution is 2.46. The molecule has 1 heterocycles. The van der Waals surface area contributed by atoms with Crippen LogP contribution in [0.2, 0.25) is 0 Å². The number of halogens is 1. The molecule has 1 fully saturated rings. The zero-order chi connectivity index (χ0) is 11.9. The SMILES string of the molecule is C=C1CC(C)(C)OC1(CI)CC(C)(C)O. The van der Waals surface area contributed by atoms with Crippen LogP contribution in [0.1, 0.15) is 40.5 Å². The van der Waals surface area contributed by atoms with Crippen LogP contribution in [0.4, 0.5) is 0 Å². The van der Waals surface area contributed by atoms with Crippen molar-refractivity contribution in [2.45, 2.75) is 57.3 Å². The predicted molar refractivity (Wildman–Crippen MR) is 71.5 cm³/mol. The first kappa shape index (κ1) is 13.5. The third-order valence-corrected chi connectivity index (χ3v) is 3.92. The molecule has 1 unspecified atom stereocenters. The topological polar surface area (TPSA) is 29.5 Å². The van der Waals surface area contributed by atoms with Gasteiger partial charge in [0.15, 0.2) is 0 Å². The largest absolute Gasteiger partial charge is 0.390 e. The maximum Gasteiger partial charge on any atom is 0.101 e. The maximum absolute atomic E-state index is 9.94. The molecule has 0 bridgehead atoms. The number of aliphatic hydroxyl groups is 1. The normalized spacial score (nSPS) is 30.9. The summed E-state index contributed by atoms with van der Waals surface area (Å²) in [5.74, 6) is 0. The number of hydrogen-bond acceptors (Lipinski definition) is 2. The van der Waals surface area contributed by atoms with E-state index in [1.807, 2.05) is 13.8 Å². The number of alkyl halides is 1. The fourth-order valence-electron chi connectivity index (χ4n) is 2.34. The minimum Gasteiger partial charge on any atom is -0.390 e. The number of rotatable bonds is 3. The average molecular weight is 324 g/mol. The van der Waals surface area contributed by atoms with Crippen molar-refractivity contribution >= 4 is 22.6 Å². The van der Waals surface area contributed by atoms with E-state index in [-0.39, 0.29) is 11.2 Å². The summed E-state index contributed by atoms with van der Waals surface area (Å²) in [7, 11) is 0. The number of hydrogen-bond donors (Lipinski definition) is 1. The van der Waals surface area contributed by atoms with E-state index in [0.29, 0.717) is 6.42 Å². The molecule has 88 valence electrons. The summed E-state index contributed by atoms with van der Waals surface area (Å²) in [4.78, 5) is 0. The van der Waals surface area contributed by atoms with Gasteiger partial charge in [-0.2, -0.15) is 0 Å². The van der Waals surface area contributed by atoms with E-state index in [4.69, 9.17) is 4.74 Å². The fraction of sp³-hybridized carbons (Fsp3) is 0.833. The molecule has 2 nitrogen and oxygen atoms in total. The van der Waals surface area contributed by atoms with E-state index in [2.05, 4.69) is 43.0 Å². The second kappa shape index (κ2) is 4.00. The molecule has 0 aliphatic carbocycles. The van der Waals surface area contributed by atoms with Crippen molar-refractivity contribution in [2.75, 3.05) is 4.43 Å². The quantitative estimate of drug-likeness (QED) is 0.491. The Hall–Kier alpha value is 0.390. The lowest BCUT2D eigenvalue weighted by Crippen LogP contribution is -2.41. The van der Waals surface area contributed by atoms with Crippen LogP contribution in [0, 0.1) is 0 Å². The molecule has 0 aromatic carbocycles. The van der Waals surface area contributed by atoms with E-state index in [9.17, 15) is 5.11 Å². The summed E-state index contributed by atoms with van der Waals surface area (Å²) in [6.07, 6.45) is 1.50. The molecule has 15 heavy (non-hydrogen) atoms. The molecule has 0 saturated carbocycles. The fourth-order valence-corrected chi connectivity index (χ4v) is 3.31. The van der Waals surface area contributed by atoms with E-state index in [0.717, 1.165) is 16.4 Å². The monoisotopic (exact) mass is 324 g/mol. The van der Waals surface area contributed by atoms with Gasteiger partial charge < -0.3 is 9.84 Å². The Bertz CT molecular complexity index is 265. The van der Waals surface area contributed by atoms with Gasteiger partial charge in [0.1, 0.15) is 5.60 Å². The molecule has 1 N–H and O–H groups in total. The third kappa shape index (κ3) is 3.17. The van der Waals surface area contributed by atoms with Crippen LogP contribution in [0.3, 0.4) is 0 Å². The first-order valence-corrected chi connectivity index (χ1v) is 6.80. The Morgan fingerprint density at radius 1 is 1.53 bits per heavy atom. The highest BCUT2D eigenvalue weighted by atomic mass is 127. The zero-order valence-corrected chi connectivity index (χ0v) is 12.2. The first-order chi connectivity index (χ1) is 6.60. The maximum atomic E-state index is 9.94. The lowest BCUT2D eigenvalue weighted by atomic mass is 9.85. The van der Waals surface area contributed by atoms with Crippen molar-refractivity contribution in [3.05, 3.63) is 12.2 Å². The van der Waals surface area contributed by atoms with Gasteiger partial charge in [0.2, 0.25) is 0 Å². The predicted octanol–water partition coefficient (Wildman–Crippen LogP) is 3.08. The summed E-state index contributed by atoms with van der Waals surface area (Å²) in [5.41, 5.74) is -0.0892. The molecule has 0 aromatic heterocycles. The molecule has 3 heteroatoms. The summed E-state index contributed by atoms with van der Waals surface area (Å²) in [6.45, 7) is 11.9. The van der Waals surface area contributed by atoms with Crippen LogP contribution < -0.4 is 0 Å². The van der Waals surface area contributed by atoms with Crippen molar-refractivity contribution in [3.8, 4) is 0 Å². The Morgan fingerprint density at radius 3 is 2.33 bits per heavy atom. The van der Waals surface area contributed by atoms with Crippen molar-refractivity contribution in [2.24, 2.45) is 0 Å². The lowest BCUT2D eigenvalue weighted by Gasteiger charge is -2.35. The second-order valence-corrected chi connectivity index (χ2v) is 6.52. The Balaban J connectivity index is 2.92. The summed E-state index contributed by atoms with van der Waals surface area (Å²) in [5, 5.41) is 9.94. The average Bonchev–Trinajstić information content (AvgIpc) is 2.18. The van der Waals surface area contributed by atoms with Crippen molar-refractivity contribution in [1.29, 1.82) is 0 Å². The number of ether oxygens (including phenoxy) is 1. The standard InChI is InChI=1S/C12H21IO2/c1-9-6-11(4,5)15-12(9,8-13)7-10(2,3)14/h14H,1,6-8H2,2-5H3. The van der Waals surface area contributed by atoms with Gasteiger partial charge in [-0.1, -0.05) is 29.2 Å². The van der Waals surface area contributed by atoms with Gasteiger partial charge in [0, 0.05) is 10.8 Å². The molecule has 1 rings (SSSR count). The van der Waals surface area contributed by atoms with E-state index < -0.39 is 5.60 Å². The highest BCUT2D eigenvalue weighted by Gasteiger charge is 2.48. The second-order valence-electron chi connectivity index (χ2n) is 5.76. The summed E-state index contributed by atoms with van der Waals surface area (Å²) < 4.78 is 6.95. The Kier molecular flexibility index (Phi) is 3.59. The van der Waals surface area contributed by atoms with Gasteiger partial charge in [0.25, 0.3) is 0 Å². The smallest absolute Gasteiger partial charge is 0.101 e. The van der Waals surface area contributed by atoms with Gasteiger partial charge in [0.05, 0.1) is 11.2 Å². The molecule has 0 spiro atoms. The molecular formula is C12H21IO2. The van der Waals surface area contributed by atoms with Crippen LogP contribution in [0.25, 0.3) is 0 Å². The van der Waals surface area contributed by atoms with Crippen LogP contribution in [-0.2, 0) is 4.74 Å². The van der Waals surface area contributed by atoms with Crippen LogP contribution >= 0.6 is 22.6 Å². The molecular weight excluding hydrogens is 303 g/mol. The highest BCUT2D eigenvalue weighted by molar-refractivity contribution is 14.1. The van der Waals surface area contributed by atoms with Gasteiger partial charge in [-0.25, -0.2) is 0 Å². The van der Waals surface area contributed by atoms with Gasteiger partial charge in [-0.05, 0) is 39.7 Å². The minimum atomic E-state index is -0.714. The molecule has 0 aromatic rings. The van der Waals surface area contributed by atoms with E-state index in [1.165, 1.54) is 0 Å². The third-order valence-electron chi connectivity index (χ3n) is 2.69.